The van der Waals surface area contributed by atoms with Gasteiger partial charge in [-0.15, -0.1) is 0 Å². The number of rotatable bonds is 0. The molecule has 11 heteroatoms. The molecule has 11 heavy (non-hydrogen) atoms. The van der Waals surface area contributed by atoms with Gasteiger partial charge in [0.15, 0.2) is 0 Å². The molecule has 0 heterocycles. The SMILES string of the molecule is O=P(O)(O)O.[O-][Si]([O-])([O-])[O-].[Zr+4]. The number of phosphoric acid groups is 1. The standard InChI is InChI=1S/H3O4P.O4Si.Zr/c2*1-5(2,3)4;/h(H3,1,2,3,4);;/q;-4;+4. The van der Waals surface area contributed by atoms with E-state index in [4.69, 9.17) is 38.4 Å². The minimum Gasteiger partial charge on any atom is -0.894 e. The van der Waals surface area contributed by atoms with Crippen LogP contribution in [0.3, 0.4) is 0 Å². The Morgan fingerprint density at radius 1 is 1.00 bits per heavy atom. The third kappa shape index (κ3) is 821. The Bertz CT molecular complexity index is 106. The molecule has 0 bridgehead atoms. The molecule has 0 fully saturated rings. The second-order valence-corrected chi connectivity index (χ2v) is 3.04. The Hall–Kier alpha value is 1.05. The number of hydrogen-bond acceptors (Lipinski definition) is 5. The van der Waals surface area contributed by atoms with Gasteiger partial charge in [-0.05, 0) is 0 Å². The van der Waals surface area contributed by atoms with E-state index in [1.807, 2.05) is 0 Å². The summed E-state index contributed by atoms with van der Waals surface area (Å²) in [6.45, 7) is 0. The van der Waals surface area contributed by atoms with E-state index in [0.29, 0.717) is 0 Å². The van der Waals surface area contributed by atoms with Crippen LogP contribution in [0.15, 0.2) is 0 Å². The summed E-state index contributed by atoms with van der Waals surface area (Å²) in [5.74, 6) is 0. The van der Waals surface area contributed by atoms with E-state index < -0.39 is 16.9 Å². The summed E-state index contributed by atoms with van der Waals surface area (Å²) in [4.78, 5) is 55.9. The topological polar surface area (TPSA) is 170 Å². The Balaban J connectivity index is -0.000000107. The maximum atomic E-state index is 8.88. The van der Waals surface area contributed by atoms with Crippen LogP contribution in [0.2, 0.25) is 0 Å². The van der Waals surface area contributed by atoms with Crippen molar-refractivity contribution >= 4 is 16.9 Å². The molecular weight excluding hydrogens is 278 g/mol. The van der Waals surface area contributed by atoms with Crippen LogP contribution in [0, 0.1) is 0 Å². The molecule has 0 aliphatic heterocycles. The van der Waals surface area contributed by atoms with Crippen molar-refractivity contribution in [1.29, 1.82) is 0 Å². The first-order chi connectivity index (χ1) is 4.00. The Morgan fingerprint density at radius 3 is 1.00 bits per heavy atom. The number of hydrogen-bond donors (Lipinski definition) is 3. The van der Waals surface area contributed by atoms with Gasteiger partial charge in [0, 0.05) is 0 Å². The molecule has 3 N–H and O–H groups in total. The Kier molecular flexibility index (Phi) is 10.7. The third-order valence-corrected chi connectivity index (χ3v) is 0. The van der Waals surface area contributed by atoms with Crippen molar-refractivity contribution in [1.82, 2.24) is 0 Å². The minimum absolute atomic E-state index is 0. The van der Waals surface area contributed by atoms with E-state index in [1.165, 1.54) is 0 Å². The Labute approximate surface area is 81.6 Å². The average Bonchev–Trinajstić information content (AvgIpc) is 1.12. The van der Waals surface area contributed by atoms with E-state index in [1.54, 1.807) is 0 Å². The summed E-state index contributed by atoms with van der Waals surface area (Å²) >= 11 is 0. The molecule has 0 saturated carbocycles. The molecule has 0 unspecified atom stereocenters. The minimum atomic E-state index is -5.61. The van der Waals surface area contributed by atoms with Crippen molar-refractivity contribution in [3.8, 4) is 0 Å². The summed E-state index contributed by atoms with van der Waals surface area (Å²) in [6.07, 6.45) is 0. The average molecular weight is 281 g/mol. The van der Waals surface area contributed by atoms with Crippen molar-refractivity contribution < 1.29 is 64.6 Å². The second kappa shape index (κ2) is 6.55. The van der Waals surface area contributed by atoms with Crippen molar-refractivity contribution in [2.75, 3.05) is 0 Å². The normalized spacial score (nSPS) is 10.8. The molecule has 0 amide bonds. The molecule has 0 atom stereocenters. The van der Waals surface area contributed by atoms with Gasteiger partial charge in [-0.1, -0.05) is 0 Å². The van der Waals surface area contributed by atoms with E-state index in [0.717, 1.165) is 0 Å². The molecule has 0 spiro atoms. The van der Waals surface area contributed by atoms with Crippen molar-refractivity contribution in [3.63, 3.8) is 0 Å². The van der Waals surface area contributed by atoms with Gasteiger partial charge in [-0.2, -0.15) is 0 Å². The summed E-state index contributed by atoms with van der Waals surface area (Å²) in [5.41, 5.74) is 0. The van der Waals surface area contributed by atoms with Crippen LogP contribution in [-0.2, 0) is 30.8 Å². The quantitative estimate of drug-likeness (QED) is 0.291. The molecule has 8 nitrogen and oxygen atoms in total. The van der Waals surface area contributed by atoms with Gasteiger partial charge in [-0.3, -0.25) is 0 Å². The van der Waals surface area contributed by atoms with Crippen LogP contribution in [0.1, 0.15) is 0 Å². The van der Waals surface area contributed by atoms with Gasteiger partial charge >= 0.3 is 34.0 Å². The van der Waals surface area contributed by atoms with Crippen LogP contribution in [0.5, 0.6) is 0 Å². The maximum Gasteiger partial charge on any atom is 4.00 e. The van der Waals surface area contributed by atoms with Crippen LogP contribution in [-0.4, -0.2) is 23.7 Å². The fourth-order valence-electron chi connectivity index (χ4n) is 0. The molecule has 64 valence electrons. The second-order valence-electron chi connectivity index (χ2n) is 1.01. The van der Waals surface area contributed by atoms with Crippen molar-refractivity contribution in [3.05, 3.63) is 0 Å². The van der Waals surface area contributed by atoms with Gasteiger partial charge in [0.05, 0.1) is 0 Å². The summed E-state index contributed by atoms with van der Waals surface area (Å²) < 4.78 is 8.88. The first-order valence-corrected chi connectivity index (χ1v) is 4.80. The molecule has 0 aromatic rings. The maximum absolute atomic E-state index is 8.88. The molecule has 0 rings (SSSR count). The molecular formula is H3O8PSiZr. The fraction of sp³-hybridized carbons (Fsp3) is 0. The van der Waals surface area contributed by atoms with Crippen LogP contribution >= 0.6 is 7.82 Å². The molecule has 0 aliphatic rings. The van der Waals surface area contributed by atoms with Crippen LogP contribution in [0.25, 0.3) is 0 Å². The van der Waals surface area contributed by atoms with E-state index >= 15 is 0 Å². The van der Waals surface area contributed by atoms with E-state index in [2.05, 4.69) is 0 Å². The summed E-state index contributed by atoms with van der Waals surface area (Å²) in [6, 6.07) is 0. The van der Waals surface area contributed by atoms with Crippen LogP contribution < -0.4 is 19.2 Å². The molecule has 0 radical (unpaired) electrons. The zero-order valence-electron chi connectivity index (χ0n) is 4.83. The van der Waals surface area contributed by atoms with Gasteiger partial charge in [-0.25, -0.2) is 4.57 Å². The van der Waals surface area contributed by atoms with E-state index in [-0.39, 0.29) is 26.2 Å². The smallest absolute Gasteiger partial charge is 0.894 e. The van der Waals surface area contributed by atoms with Crippen LogP contribution in [0.4, 0.5) is 0 Å². The van der Waals surface area contributed by atoms with Crippen molar-refractivity contribution in [2.24, 2.45) is 0 Å². The third-order valence-electron chi connectivity index (χ3n) is 0. The van der Waals surface area contributed by atoms with Gasteiger partial charge < -0.3 is 42.9 Å². The molecule has 0 saturated heterocycles. The Morgan fingerprint density at radius 2 is 1.00 bits per heavy atom. The predicted octanol–water partition coefficient (Wildman–Crippen LogP) is -6.07. The fourth-order valence-corrected chi connectivity index (χ4v) is 0. The van der Waals surface area contributed by atoms with Gasteiger partial charge in [0.1, 0.15) is 0 Å². The van der Waals surface area contributed by atoms with E-state index in [9.17, 15) is 0 Å². The first-order valence-electron chi connectivity index (χ1n) is 1.60. The molecule has 0 aliphatic carbocycles. The zero-order chi connectivity index (χ0) is 9.00. The van der Waals surface area contributed by atoms with Gasteiger partial charge in [0.2, 0.25) is 0 Å². The zero-order valence-corrected chi connectivity index (χ0v) is 9.18. The first kappa shape index (κ1) is 18.0. The van der Waals surface area contributed by atoms with Gasteiger partial charge in [0.25, 0.3) is 0 Å². The summed E-state index contributed by atoms with van der Waals surface area (Å²) in [7, 11) is -10.2. The predicted molar refractivity (Wildman–Crippen MR) is 20.0 cm³/mol. The van der Waals surface area contributed by atoms with Crippen molar-refractivity contribution in [2.45, 2.75) is 0 Å². The largest absolute Gasteiger partial charge is 4.00 e. The monoisotopic (exact) mass is 280 g/mol. The molecule has 0 aromatic carbocycles. The summed E-state index contributed by atoms with van der Waals surface area (Å²) in [5, 5.41) is 0. The molecule has 0 aromatic heterocycles.